The van der Waals surface area contributed by atoms with Gasteiger partial charge in [0.25, 0.3) is 0 Å². The third-order valence-corrected chi connectivity index (χ3v) is 1.81. The molecule has 2 unspecified atom stereocenters. The zero-order valence-corrected chi connectivity index (χ0v) is 7.20. The largest absolute Gasteiger partial charge is 0.388 e. The molecule has 2 N–H and O–H groups in total. The van der Waals surface area contributed by atoms with Crippen LogP contribution in [0.5, 0.6) is 0 Å². The first-order valence-corrected chi connectivity index (χ1v) is 4.25. The van der Waals surface area contributed by atoms with Gasteiger partial charge in [-0.2, -0.15) is 0 Å². The van der Waals surface area contributed by atoms with Crippen LogP contribution in [0.1, 0.15) is 19.8 Å². The summed E-state index contributed by atoms with van der Waals surface area (Å²) in [7, 11) is 0. The minimum atomic E-state index is -0.539. The molecule has 0 aromatic heterocycles. The molecule has 0 aromatic rings. The van der Waals surface area contributed by atoms with Crippen molar-refractivity contribution in [3.8, 4) is 0 Å². The third-order valence-electron chi connectivity index (χ3n) is 1.81. The van der Waals surface area contributed by atoms with E-state index in [1.54, 1.807) is 18.2 Å². The molecule has 0 heterocycles. The van der Waals surface area contributed by atoms with Crippen molar-refractivity contribution >= 4 is 0 Å². The normalized spacial score (nSPS) is 23.9. The van der Waals surface area contributed by atoms with Gasteiger partial charge in [0.05, 0.1) is 12.2 Å². The standard InChI is InChI=1S/C10H14O2/c1-2-3-10(12)8-4-6-9(11)7-5-8/h4,6-7,9-12H,2-3H2,1H3. The lowest BCUT2D eigenvalue weighted by atomic mass is 10.0. The van der Waals surface area contributed by atoms with Crippen molar-refractivity contribution in [1.82, 2.24) is 0 Å². The van der Waals surface area contributed by atoms with Crippen molar-refractivity contribution in [3.63, 3.8) is 0 Å². The van der Waals surface area contributed by atoms with Crippen LogP contribution in [0, 0.1) is 0 Å². The minimum Gasteiger partial charge on any atom is -0.388 e. The molecule has 12 heavy (non-hydrogen) atoms. The van der Waals surface area contributed by atoms with E-state index in [2.05, 4.69) is 5.73 Å². The molecule has 0 amide bonds. The lowest BCUT2D eigenvalue weighted by Crippen LogP contribution is -2.10. The summed E-state index contributed by atoms with van der Waals surface area (Å²) in [4.78, 5) is 0. The molecule has 0 radical (unpaired) electrons. The lowest BCUT2D eigenvalue weighted by molar-refractivity contribution is 0.202. The van der Waals surface area contributed by atoms with Crippen LogP contribution in [0.2, 0.25) is 0 Å². The quantitative estimate of drug-likeness (QED) is 0.618. The van der Waals surface area contributed by atoms with E-state index in [4.69, 9.17) is 5.11 Å². The number of hydrogen-bond acceptors (Lipinski definition) is 2. The van der Waals surface area contributed by atoms with Gasteiger partial charge in [-0.05, 0) is 18.6 Å². The molecule has 0 saturated heterocycles. The van der Waals surface area contributed by atoms with Gasteiger partial charge in [-0.25, -0.2) is 0 Å². The van der Waals surface area contributed by atoms with E-state index in [9.17, 15) is 5.11 Å². The molecule has 0 fully saturated rings. The summed E-state index contributed by atoms with van der Waals surface area (Å²) in [6, 6.07) is 0. The Morgan fingerprint density at radius 3 is 2.92 bits per heavy atom. The van der Waals surface area contributed by atoms with Crippen molar-refractivity contribution in [2.45, 2.75) is 32.0 Å². The van der Waals surface area contributed by atoms with Gasteiger partial charge < -0.3 is 10.2 Å². The molecular weight excluding hydrogens is 152 g/mol. The van der Waals surface area contributed by atoms with Crippen LogP contribution >= 0.6 is 0 Å². The van der Waals surface area contributed by atoms with Crippen molar-refractivity contribution < 1.29 is 10.2 Å². The Morgan fingerprint density at radius 1 is 1.67 bits per heavy atom. The third kappa shape index (κ3) is 2.35. The van der Waals surface area contributed by atoms with Crippen LogP contribution in [-0.2, 0) is 0 Å². The highest BCUT2D eigenvalue weighted by Crippen LogP contribution is 2.12. The molecule has 0 aromatic carbocycles. The maximum atomic E-state index is 9.51. The fourth-order valence-corrected chi connectivity index (χ4v) is 1.12. The van der Waals surface area contributed by atoms with Gasteiger partial charge in [-0.1, -0.05) is 19.4 Å². The van der Waals surface area contributed by atoms with Crippen molar-refractivity contribution in [3.05, 3.63) is 29.5 Å². The summed E-state index contributed by atoms with van der Waals surface area (Å²) < 4.78 is 0. The van der Waals surface area contributed by atoms with E-state index in [1.807, 2.05) is 6.92 Å². The summed E-state index contributed by atoms with van der Waals surface area (Å²) in [5, 5.41) is 18.5. The van der Waals surface area contributed by atoms with Gasteiger partial charge in [0.1, 0.15) is 0 Å². The van der Waals surface area contributed by atoms with Crippen LogP contribution in [0.4, 0.5) is 0 Å². The molecule has 0 bridgehead atoms. The van der Waals surface area contributed by atoms with Crippen LogP contribution in [-0.4, -0.2) is 22.4 Å². The predicted molar refractivity (Wildman–Crippen MR) is 47.7 cm³/mol. The first kappa shape index (κ1) is 9.27. The second kappa shape index (κ2) is 4.27. The smallest absolute Gasteiger partial charge is 0.0979 e. The Morgan fingerprint density at radius 2 is 2.42 bits per heavy atom. The first-order chi connectivity index (χ1) is 5.74. The second-order valence-corrected chi connectivity index (χ2v) is 2.92. The van der Waals surface area contributed by atoms with Gasteiger partial charge in [0.15, 0.2) is 0 Å². The monoisotopic (exact) mass is 166 g/mol. The second-order valence-electron chi connectivity index (χ2n) is 2.92. The van der Waals surface area contributed by atoms with Crippen molar-refractivity contribution in [2.75, 3.05) is 0 Å². The fourth-order valence-electron chi connectivity index (χ4n) is 1.12. The zero-order valence-electron chi connectivity index (χ0n) is 7.20. The fraction of sp³-hybridized carbons (Fsp3) is 0.500. The summed E-state index contributed by atoms with van der Waals surface area (Å²) >= 11 is 0. The van der Waals surface area contributed by atoms with E-state index in [1.165, 1.54) is 0 Å². The number of hydrogen-bond donors (Lipinski definition) is 2. The van der Waals surface area contributed by atoms with E-state index in [-0.39, 0.29) is 0 Å². The SMILES string of the molecule is CCCC(O)C1=C=CC(O)C=C1. The highest BCUT2D eigenvalue weighted by Gasteiger charge is 2.08. The summed E-state index contributed by atoms with van der Waals surface area (Å²) in [5.74, 6) is 0. The lowest BCUT2D eigenvalue weighted by Gasteiger charge is -2.10. The van der Waals surface area contributed by atoms with Gasteiger partial charge in [0.2, 0.25) is 0 Å². The van der Waals surface area contributed by atoms with Gasteiger partial charge in [0, 0.05) is 5.57 Å². The maximum Gasteiger partial charge on any atom is 0.0979 e. The van der Waals surface area contributed by atoms with Gasteiger partial charge in [-0.15, -0.1) is 5.73 Å². The summed E-state index contributed by atoms with van der Waals surface area (Å²) in [5.41, 5.74) is 3.62. The first-order valence-electron chi connectivity index (χ1n) is 4.25. The van der Waals surface area contributed by atoms with E-state index >= 15 is 0 Å². The van der Waals surface area contributed by atoms with Crippen LogP contribution in [0.3, 0.4) is 0 Å². The van der Waals surface area contributed by atoms with Crippen molar-refractivity contribution in [2.24, 2.45) is 0 Å². The molecule has 2 nitrogen and oxygen atoms in total. The van der Waals surface area contributed by atoms with Gasteiger partial charge in [-0.3, -0.25) is 0 Å². The topological polar surface area (TPSA) is 40.5 Å². The highest BCUT2D eigenvalue weighted by atomic mass is 16.3. The molecule has 1 aliphatic rings. The molecular formula is C10H14O2. The average molecular weight is 166 g/mol. The molecule has 1 aliphatic carbocycles. The average Bonchev–Trinajstić information content (AvgIpc) is 2.06. The van der Waals surface area contributed by atoms with E-state index in [0.717, 1.165) is 18.4 Å². The minimum absolute atomic E-state index is 0.435. The van der Waals surface area contributed by atoms with Crippen LogP contribution < -0.4 is 0 Å². The Kier molecular flexibility index (Phi) is 3.30. The van der Waals surface area contributed by atoms with Gasteiger partial charge >= 0.3 is 0 Å². The summed E-state index contributed by atoms with van der Waals surface area (Å²) in [6.07, 6.45) is 5.64. The van der Waals surface area contributed by atoms with Crippen molar-refractivity contribution in [1.29, 1.82) is 0 Å². The Hall–Kier alpha value is -0.820. The van der Waals surface area contributed by atoms with E-state index in [0.29, 0.717) is 0 Å². The number of rotatable bonds is 3. The molecule has 66 valence electrons. The van der Waals surface area contributed by atoms with Crippen LogP contribution in [0.15, 0.2) is 29.5 Å². The van der Waals surface area contributed by atoms with E-state index < -0.39 is 12.2 Å². The van der Waals surface area contributed by atoms with Crippen LogP contribution in [0.25, 0.3) is 0 Å². The summed E-state index contributed by atoms with van der Waals surface area (Å²) in [6.45, 7) is 2.02. The molecule has 1 rings (SSSR count). The maximum absolute atomic E-state index is 9.51. The zero-order chi connectivity index (χ0) is 8.97. The molecule has 2 atom stereocenters. The molecule has 0 saturated carbocycles. The molecule has 0 aliphatic heterocycles. The molecule has 2 heteroatoms. The Labute approximate surface area is 72.5 Å². The number of aliphatic hydroxyl groups excluding tert-OH is 2. The Bertz CT molecular complexity index is 234. The number of aliphatic hydroxyl groups is 2. The molecule has 0 spiro atoms. The predicted octanol–water partition coefficient (Wildman–Crippen LogP) is 1.16. The highest BCUT2D eigenvalue weighted by molar-refractivity contribution is 5.28. The Balaban J connectivity index is 2.64.